The molecule has 0 aliphatic rings. The lowest BCUT2D eigenvalue weighted by Gasteiger charge is -2.21. The number of hydrogen-bond donors (Lipinski definition) is 1. The number of sulfonamides is 1. The van der Waals surface area contributed by atoms with Crippen LogP contribution < -0.4 is 4.72 Å². The first-order valence-corrected chi connectivity index (χ1v) is 11.4. The maximum Gasteiger partial charge on any atom is 0.265 e. The molecule has 0 amide bonds. The van der Waals surface area contributed by atoms with Crippen LogP contribution >= 0.6 is 23.1 Å². The summed E-state index contributed by atoms with van der Waals surface area (Å²) in [6.07, 6.45) is 0. The van der Waals surface area contributed by atoms with E-state index < -0.39 is 10.0 Å². The van der Waals surface area contributed by atoms with Gasteiger partial charge in [0, 0.05) is 10.6 Å². The first-order valence-electron chi connectivity index (χ1n) is 8.21. The average molecular weight is 424 g/mol. The van der Waals surface area contributed by atoms with E-state index in [1.807, 2.05) is 32.9 Å². The molecule has 3 rings (SSSR count). The van der Waals surface area contributed by atoms with Crippen molar-refractivity contribution in [3.63, 3.8) is 0 Å². The van der Waals surface area contributed by atoms with Crippen LogP contribution in [-0.2, 0) is 15.6 Å². The van der Waals surface area contributed by atoms with Crippen molar-refractivity contribution < 1.29 is 8.42 Å². The molecule has 10 heteroatoms. The van der Waals surface area contributed by atoms with E-state index in [9.17, 15) is 8.42 Å². The molecule has 2 aromatic heterocycles. The molecule has 0 bridgehead atoms. The molecule has 0 radical (unpaired) electrons. The molecule has 0 saturated carbocycles. The highest BCUT2D eigenvalue weighted by Gasteiger charge is 2.28. The van der Waals surface area contributed by atoms with Crippen molar-refractivity contribution in [1.82, 2.24) is 20.0 Å². The van der Waals surface area contributed by atoms with Gasteiger partial charge in [0.1, 0.15) is 10.4 Å². The van der Waals surface area contributed by atoms with Gasteiger partial charge in [-0.2, -0.15) is 5.10 Å². The Labute approximate surface area is 167 Å². The highest BCUT2D eigenvalue weighted by Crippen LogP contribution is 2.30. The molecule has 27 heavy (non-hydrogen) atoms. The smallest absolute Gasteiger partial charge is 0.265 e. The fraction of sp³-hybridized carbons (Fsp3) is 0.353. The standard InChI is InChI=1S/C17H21N5O2S3/c1-11-15(12(2)22(20-11)17(3,4)5)27(23,24)21-13-6-8-14(9-7-13)26-16-19-18-10-25-16/h6-10,21H,1-5H3. The average Bonchev–Trinajstić information content (AvgIpc) is 3.16. The van der Waals surface area contributed by atoms with E-state index in [0.717, 1.165) is 9.24 Å². The molecule has 1 N–H and O–H groups in total. The summed E-state index contributed by atoms with van der Waals surface area (Å²) in [5.41, 5.74) is 2.98. The maximum absolute atomic E-state index is 12.9. The van der Waals surface area contributed by atoms with Gasteiger partial charge in [-0.1, -0.05) is 23.1 Å². The Hall–Kier alpha value is -1.91. The van der Waals surface area contributed by atoms with Gasteiger partial charge in [0.05, 0.1) is 16.9 Å². The van der Waals surface area contributed by atoms with Crippen molar-refractivity contribution in [2.75, 3.05) is 4.72 Å². The van der Waals surface area contributed by atoms with Gasteiger partial charge in [-0.05, 0) is 58.9 Å². The van der Waals surface area contributed by atoms with Gasteiger partial charge in [-0.25, -0.2) is 8.42 Å². The Kier molecular flexibility index (Phi) is 5.33. The van der Waals surface area contributed by atoms with E-state index >= 15 is 0 Å². The zero-order valence-corrected chi connectivity index (χ0v) is 18.2. The van der Waals surface area contributed by atoms with Crippen LogP contribution in [0.3, 0.4) is 0 Å². The zero-order chi connectivity index (χ0) is 19.8. The van der Waals surface area contributed by atoms with E-state index in [1.165, 1.54) is 23.1 Å². The summed E-state index contributed by atoms with van der Waals surface area (Å²) in [6.45, 7) is 9.47. The zero-order valence-electron chi connectivity index (χ0n) is 15.7. The van der Waals surface area contributed by atoms with Crippen molar-refractivity contribution in [2.45, 2.75) is 54.3 Å². The fourth-order valence-corrected chi connectivity index (χ4v) is 5.68. The molecule has 3 aromatic rings. The van der Waals surface area contributed by atoms with Crippen molar-refractivity contribution in [2.24, 2.45) is 0 Å². The molecular formula is C17H21N5O2S3. The van der Waals surface area contributed by atoms with Crippen molar-refractivity contribution in [3.05, 3.63) is 41.2 Å². The van der Waals surface area contributed by atoms with E-state index in [-0.39, 0.29) is 10.4 Å². The molecule has 1 aromatic carbocycles. The van der Waals surface area contributed by atoms with Crippen LogP contribution in [0.15, 0.2) is 43.9 Å². The summed E-state index contributed by atoms with van der Waals surface area (Å²) >= 11 is 2.94. The Balaban J connectivity index is 1.84. The van der Waals surface area contributed by atoms with Gasteiger partial charge < -0.3 is 0 Å². The number of aromatic nitrogens is 4. The van der Waals surface area contributed by atoms with Crippen LogP contribution in [-0.4, -0.2) is 28.4 Å². The highest BCUT2D eigenvalue weighted by atomic mass is 32.2. The number of benzene rings is 1. The largest absolute Gasteiger partial charge is 0.280 e. The van der Waals surface area contributed by atoms with Crippen LogP contribution in [0.5, 0.6) is 0 Å². The van der Waals surface area contributed by atoms with Crippen molar-refractivity contribution in [1.29, 1.82) is 0 Å². The van der Waals surface area contributed by atoms with E-state index in [1.54, 1.807) is 36.2 Å². The van der Waals surface area contributed by atoms with Gasteiger partial charge in [-0.3, -0.25) is 9.40 Å². The van der Waals surface area contributed by atoms with Gasteiger partial charge in [0.15, 0.2) is 4.34 Å². The molecular weight excluding hydrogens is 402 g/mol. The summed E-state index contributed by atoms with van der Waals surface area (Å²) in [4.78, 5) is 1.19. The number of nitrogens with zero attached hydrogens (tertiary/aromatic N) is 4. The monoisotopic (exact) mass is 423 g/mol. The van der Waals surface area contributed by atoms with Crippen LogP contribution in [0.25, 0.3) is 0 Å². The van der Waals surface area contributed by atoms with Crippen LogP contribution in [0.2, 0.25) is 0 Å². The van der Waals surface area contributed by atoms with Gasteiger partial charge in [-0.15, -0.1) is 10.2 Å². The third-order valence-electron chi connectivity index (χ3n) is 3.78. The molecule has 0 unspecified atom stereocenters. The molecule has 2 heterocycles. The molecule has 144 valence electrons. The SMILES string of the molecule is Cc1nn(C(C)(C)C)c(C)c1S(=O)(=O)Nc1ccc(Sc2nncs2)cc1. The molecule has 0 fully saturated rings. The molecule has 0 atom stereocenters. The van der Waals surface area contributed by atoms with E-state index in [4.69, 9.17) is 0 Å². The minimum atomic E-state index is -3.74. The number of hydrogen-bond acceptors (Lipinski definition) is 7. The second-order valence-corrected chi connectivity index (χ2v) is 10.8. The molecule has 0 aliphatic heterocycles. The van der Waals surface area contributed by atoms with Gasteiger partial charge >= 0.3 is 0 Å². The lowest BCUT2D eigenvalue weighted by Crippen LogP contribution is -2.25. The first kappa shape index (κ1) is 19.8. The van der Waals surface area contributed by atoms with Crippen LogP contribution in [0, 0.1) is 13.8 Å². The third-order valence-corrected chi connectivity index (χ3v) is 7.20. The summed E-state index contributed by atoms with van der Waals surface area (Å²) in [6, 6.07) is 7.17. The van der Waals surface area contributed by atoms with E-state index in [2.05, 4.69) is 20.0 Å². The lowest BCUT2D eigenvalue weighted by molar-refractivity contribution is 0.345. The van der Waals surface area contributed by atoms with Gasteiger partial charge in [0.2, 0.25) is 0 Å². The quantitative estimate of drug-likeness (QED) is 0.666. The Morgan fingerprint density at radius 2 is 1.81 bits per heavy atom. The Bertz CT molecular complexity index is 1030. The summed E-state index contributed by atoms with van der Waals surface area (Å²) < 4.78 is 31.1. The highest BCUT2D eigenvalue weighted by molar-refractivity contribution is 8.01. The third kappa shape index (κ3) is 4.33. The Morgan fingerprint density at radius 3 is 2.33 bits per heavy atom. The van der Waals surface area contributed by atoms with Gasteiger partial charge in [0.25, 0.3) is 10.0 Å². The maximum atomic E-state index is 12.9. The number of nitrogens with one attached hydrogen (secondary N) is 1. The summed E-state index contributed by atoms with van der Waals surface area (Å²) in [5, 5.41) is 12.2. The summed E-state index contributed by atoms with van der Waals surface area (Å²) in [5.74, 6) is 0. The van der Waals surface area contributed by atoms with E-state index in [0.29, 0.717) is 17.1 Å². The first-order chi connectivity index (χ1) is 12.6. The fourth-order valence-electron chi connectivity index (χ4n) is 2.78. The van der Waals surface area contributed by atoms with Crippen molar-refractivity contribution >= 4 is 38.8 Å². The second kappa shape index (κ2) is 7.25. The number of rotatable bonds is 5. The number of anilines is 1. The normalized spacial score (nSPS) is 12.3. The topological polar surface area (TPSA) is 89.8 Å². The molecule has 7 nitrogen and oxygen atoms in total. The second-order valence-electron chi connectivity index (χ2n) is 7.02. The number of aryl methyl sites for hydroxylation is 1. The van der Waals surface area contributed by atoms with Crippen LogP contribution in [0.1, 0.15) is 32.2 Å². The minimum absolute atomic E-state index is 0.227. The Morgan fingerprint density at radius 1 is 1.15 bits per heavy atom. The summed E-state index contributed by atoms with van der Waals surface area (Å²) in [7, 11) is -3.74. The predicted octanol–water partition coefficient (Wildman–Crippen LogP) is 4.06. The lowest BCUT2D eigenvalue weighted by atomic mass is 10.1. The minimum Gasteiger partial charge on any atom is -0.280 e. The predicted molar refractivity (Wildman–Crippen MR) is 108 cm³/mol. The molecule has 0 spiro atoms. The van der Waals surface area contributed by atoms with Crippen molar-refractivity contribution in [3.8, 4) is 0 Å². The molecule has 0 saturated heterocycles. The van der Waals surface area contributed by atoms with Crippen LogP contribution in [0.4, 0.5) is 5.69 Å². The molecule has 0 aliphatic carbocycles.